The highest BCUT2D eigenvalue weighted by atomic mass is 19.1. The molecule has 3 rings (SSSR count). The summed E-state index contributed by atoms with van der Waals surface area (Å²) < 4.78 is 18.3. The Hall–Kier alpha value is -2.29. The van der Waals surface area contributed by atoms with Gasteiger partial charge in [0.2, 0.25) is 0 Å². The SMILES string of the molecule is Cc1[nH]c(-c2ccc(F)cc2)nc1C(=O)N[C@H]1CCO[C@H](CO)[C@H]1O. The molecule has 0 unspecified atom stereocenters. The van der Waals surface area contributed by atoms with Crippen LogP contribution in [0.5, 0.6) is 0 Å². The van der Waals surface area contributed by atoms with Crippen molar-refractivity contribution in [3.05, 3.63) is 41.5 Å². The number of aliphatic hydroxyl groups is 2. The maximum Gasteiger partial charge on any atom is 0.272 e. The van der Waals surface area contributed by atoms with Gasteiger partial charge in [0.15, 0.2) is 0 Å². The van der Waals surface area contributed by atoms with Crippen molar-refractivity contribution in [1.82, 2.24) is 15.3 Å². The third kappa shape index (κ3) is 3.71. The van der Waals surface area contributed by atoms with Crippen LogP contribution in [0.3, 0.4) is 0 Å². The van der Waals surface area contributed by atoms with Gasteiger partial charge < -0.3 is 25.3 Å². The number of benzene rings is 1. The first-order valence-electron chi connectivity index (χ1n) is 8.03. The minimum absolute atomic E-state index is 0.207. The Bertz CT molecular complexity index is 747. The summed E-state index contributed by atoms with van der Waals surface area (Å²) in [5.41, 5.74) is 1.44. The van der Waals surface area contributed by atoms with Crippen LogP contribution in [0.4, 0.5) is 4.39 Å². The fourth-order valence-electron chi connectivity index (χ4n) is 2.86. The Morgan fingerprint density at radius 1 is 1.44 bits per heavy atom. The highest BCUT2D eigenvalue weighted by molar-refractivity contribution is 5.94. The number of amides is 1. The topological polar surface area (TPSA) is 107 Å². The summed E-state index contributed by atoms with van der Waals surface area (Å²) in [5.74, 6) is -0.315. The van der Waals surface area contributed by atoms with Crippen molar-refractivity contribution in [3.8, 4) is 11.4 Å². The molecule has 1 amide bonds. The number of aliphatic hydroxyl groups excluding tert-OH is 2. The third-order valence-corrected chi connectivity index (χ3v) is 4.27. The van der Waals surface area contributed by atoms with E-state index in [1.807, 2.05) is 0 Å². The second kappa shape index (κ2) is 7.30. The molecular weight excluding hydrogens is 329 g/mol. The van der Waals surface area contributed by atoms with E-state index in [4.69, 9.17) is 4.74 Å². The van der Waals surface area contributed by atoms with E-state index in [0.29, 0.717) is 30.1 Å². The molecule has 0 radical (unpaired) electrons. The molecule has 1 aromatic carbocycles. The summed E-state index contributed by atoms with van der Waals surface area (Å²) in [6, 6.07) is 5.26. The molecule has 2 aromatic rings. The number of hydrogen-bond donors (Lipinski definition) is 4. The van der Waals surface area contributed by atoms with E-state index in [-0.39, 0.29) is 18.1 Å². The molecule has 2 heterocycles. The van der Waals surface area contributed by atoms with Crippen molar-refractivity contribution in [1.29, 1.82) is 0 Å². The predicted octanol–water partition coefficient (Wildman–Crippen LogP) is 0.765. The predicted molar refractivity (Wildman–Crippen MR) is 87.4 cm³/mol. The minimum Gasteiger partial charge on any atom is -0.394 e. The van der Waals surface area contributed by atoms with E-state index < -0.39 is 24.2 Å². The number of aromatic amines is 1. The number of aryl methyl sites for hydroxylation is 1. The number of ether oxygens (including phenoxy) is 1. The number of nitrogens with zero attached hydrogens (tertiary/aromatic N) is 1. The number of rotatable bonds is 4. The molecule has 1 aliphatic heterocycles. The van der Waals surface area contributed by atoms with Crippen molar-refractivity contribution < 1.29 is 24.1 Å². The Morgan fingerprint density at radius 3 is 2.84 bits per heavy atom. The van der Waals surface area contributed by atoms with Gasteiger partial charge in [-0.2, -0.15) is 0 Å². The molecule has 4 N–H and O–H groups in total. The molecule has 0 spiro atoms. The third-order valence-electron chi connectivity index (χ3n) is 4.27. The van der Waals surface area contributed by atoms with E-state index in [2.05, 4.69) is 15.3 Å². The van der Waals surface area contributed by atoms with Crippen LogP contribution >= 0.6 is 0 Å². The van der Waals surface area contributed by atoms with Crippen LogP contribution < -0.4 is 5.32 Å². The zero-order valence-electron chi connectivity index (χ0n) is 13.7. The number of imidazole rings is 1. The highest BCUT2D eigenvalue weighted by Crippen LogP contribution is 2.20. The molecule has 0 bridgehead atoms. The number of hydrogen-bond acceptors (Lipinski definition) is 5. The van der Waals surface area contributed by atoms with Gasteiger partial charge >= 0.3 is 0 Å². The molecule has 134 valence electrons. The average molecular weight is 349 g/mol. The van der Waals surface area contributed by atoms with E-state index in [1.54, 1.807) is 19.1 Å². The molecule has 0 aliphatic carbocycles. The summed E-state index contributed by atoms with van der Waals surface area (Å²) in [6.45, 7) is 1.74. The van der Waals surface area contributed by atoms with Crippen molar-refractivity contribution in [2.24, 2.45) is 0 Å². The normalized spacial score (nSPS) is 23.4. The zero-order chi connectivity index (χ0) is 18.0. The van der Waals surface area contributed by atoms with Gasteiger partial charge in [0.25, 0.3) is 5.91 Å². The maximum atomic E-state index is 13.0. The van der Waals surface area contributed by atoms with Crippen LogP contribution in [-0.4, -0.2) is 57.6 Å². The second-order valence-corrected chi connectivity index (χ2v) is 6.02. The van der Waals surface area contributed by atoms with Crippen LogP contribution in [-0.2, 0) is 4.74 Å². The summed E-state index contributed by atoms with van der Waals surface area (Å²) in [7, 11) is 0. The lowest BCUT2D eigenvalue weighted by Crippen LogP contribution is -2.54. The zero-order valence-corrected chi connectivity index (χ0v) is 13.7. The van der Waals surface area contributed by atoms with Crippen molar-refractivity contribution in [2.75, 3.05) is 13.2 Å². The van der Waals surface area contributed by atoms with Gasteiger partial charge in [-0.25, -0.2) is 9.37 Å². The van der Waals surface area contributed by atoms with E-state index in [0.717, 1.165) is 0 Å². The van der Waals surface area contributed by atoms with Crippen LogP contribution in [0.1, 0.15) is 22.6 Å². The first-order chi connectivity index (χ1) is 12.0. The Kier molecular flexibility index (Phi) is 5.12. The first-order valence-corrected chi connectivity index (χ1v) is 8.03. The molecule has 1 aliphatic rings. The lowest BCUT2D eigenvalue weighted by atomic mass is 10.00. The molecule has 0 saturated carbocycles. The summed E-state index contributed by atoms with van der Waals surface area (Å²) in [4.78, 5) is 19.8. The van der Waals surface area contributed by atoms with Crippen LogP contribution in [0.25, 0.3) is 11.4 Å². The molecular formula is C17H20FN3O4. The van der Waals surface area contributed by atoms with Crippen LogP contribution in [0.2, 0.25) is 0 Å². The van der Waals surface area contributed by atoms with E-state index in [1.165, 1.54) is 12.1 Å². The van der Waals surface area contributed by atoms with Crippen molar-refractivity contribution >= 4 is 5.91 Å². The summed E-state index contributed by atoms with van der Waals surface area (Å²) >= 11 is 0. The number of carbonyl (C=O) groups excluding carboxylic acids is 1. The standard InChI is InChI=1S/C17H20FN3O4/c1-9-14(21-16(19-9)10-2-4-11(18)5-3-10)17(24)20-12-6-7-25-13(8-22)15(12)23/h2-5,12-13,15,22-23H,6-8H2,1H3,(H,19,21)(H,20,24)/t12-,13+,15-/m0/s1. The molecule has 8 heteroatoms. The van der Waals surface area contributed by atoms with Gasteiger partial charge in [0.1, 0.15) is 29.5 Å². The van der Waals surface area contributed by atoms with Gasteiger partial charge in [-0.05, 0) is 37.6 Å². The lowest BCUT2D eigenvalue weighted by molar-refractivity contribution is -0.107. The molecule has 1 aromatic heterocycles. The molecule has 1 fully saturated rings. The molecule has 7 nitrogen and oxygen atoms in total. The highest BCUT2D eigenvalue weighted by Gasteiger charge is 2.34. The van der Waals surface area contributed by atoms with Crippen LogP contribution in [0.15, 0.2) is 24.3 Å². The quantitative estimate of drug-likeness (QED) is 0.652. The van der Waals surface area contributed by atoms with Gasteiger partial charge in [-0.3, -0.25) is 4.79 Å². The molecule has 3 atom stereocenters. The number of carbonyl (C=O) groups is 1. The van der Waals surface area contributed by atoms with Crippen LogP contribution in [0, 0.1) is 12.7 Å². The Morgan fingerprint density at radius 2 is 2.16 bits per heavy atom. The minimum atomic E-state index is -0.987. The summed E-state index contributed by atoms with van der Waals surface area (Å²) in [5, 5.41) is 22.1. The van der Waals surface area contributed by atoms with Gasteiger partial charge in [-0.1, -0.05) is 0 Å². The van der Waals surface area contributed by atoms with Gasteiger partial charge in [0.05, 0.1) is 12.6 Å². The monoisotopic (exact) mass is 349 g/mol. The van der Waals surface area contributed by atoms with Gasteiger partial charge in [-0.15, -0.1) is 0 Å². The van der Waals surface area contributed by atoms with E-state index in [9.17, 15) is 19.4 Å². The smallest absolute Gasteiger partial charge is 0.272 e. The van der Waals surface area contributed by atoms with Gasteiger partial charge in [0, 0.05) is 17.9 Å². The van der Waals surface area contributed by atoms with Crippen molar-refractivity contribution in [2.45, 2.75) is 31.6 Å². The first kappa shape index (κ1) is 17.5. The molecule has 25 heavy (non-hydrogen) atoms. The van der Waals surface area contributed by atoms with E-state index >= 15 is 0 Å². The molecule has 1 saturated heterocycles. The average Bonchev–Trinajstić information content (AvgIpc) is 2.99. The maximum absolute atomic E-state index is 13.0. The number of nitrogens with one attached hydrogen (secondary N) is 2. The number of halogens is 1. The Balaban J connectivity index is 1.75. The Labute approximate surface area is 143 Å². The largest absolute Gasteiger partial charge is 0.394 e. The fourth-order valence-corrected chi connectivity index (χ4v) is 2.86. The number of aromatic nitrogens is 2. The van der Waals surface area contributed by atoms with Crippen molar-refractivity contribution in [3.63, 3.8) is 0 Å². The number of H-pyrrole nitrogens is 1. The summed E-state index contributed by atoms with van der Waals surface area (Å²) in [6.07, 6.45) is -1.26. The fraction of sp³-hybridized carbons (Fsp3) is 0.412. The lowest BCUT2D eigenvalue weighted by Gasteiger charge is -2.34. The second-order valence-electron chi connectivity index (χ2n) is 6.02.